The van der Waals surface area contributed by atoms with Gasteiger partial charge in [0.05, 0.1) is 11.0 Å². The Labute approximate surface area is 153 Å². The molecule has 0 radical (unpaired) electrons. The molecule has 7 nitrogen and oxygen atoms in total. The molecule has 3 aromatic heterocycles. The predicted octanol–water partition coefficient (Wildman–Crippen LogP) is 2.11. The van der Waals surface area contributed by atoms with Gasteiger partial charge in [0.15, 0.2) is 5.60 Å². The van der Waals surface area contributed by atoms with Crippen molar-refractivity contribution < 1.29 is 5.11 Å². The molecule has 8 heteroatoms. The van der Waals surface area contributed by atoms with Crippen molar-refractivity contribution in [2.75, 3.05) is 5.73 Å². The van der Waals surface area contributed by atoms with Crippen LogP contribution in [-0.4, -0.2) is 29.6 Å². The zero-order valence-electron chi connectivity index (χ0n) is 13.8. The maximum absolute atomic E-state index is 10.5. The van der Waals surface area contributed by atoms with Gasteiger partial charge in [-0.25, -0.2) is 15.0 Å². The third-order valence-corrected chi connectivity index (χ3v) is 4.74. The summed E-state index contributed by atoms with van der Waals surface area (Å²) in [6, 6.07) is 7.38. The zero-order chi connectivity index (χ0) is 18.1. The quantitative estimate of drug-likeness (QED) is 0.530. The highest BCUT2D eigenvalue weighted by atomic mass is 32.1. The Bertz CT molecular complexity index is 1140. The molecule has 0 aliphatic heterocycles. The maximum atomic E-state index is 10.5. The molecule has 3 N–H and O–H groups in total. The second-order valence-corrected chi connectivity index (χ2v) is 6.65. The van der Waals surface area contributed by atoms with E-state index < -0.39 is 5.60 Å². The van der Waals surface area contributed by atoms with Crippen molar-refractivity contribution >= 4 is 28.3 Å². The third-order valence-electron chi connectivity index (χ3n) is 3.75. The molecule has 0 saturated carbocycles. The standard InChI is InChI=1S/C18H14N6OS/c1-18(25,16-20-8-9-26-16)6-4-12-2-3-13-14(10-12)24(11-22-13)15-5-7-21-17(19)23-15/h2-3,5,7-11,25H,1H3,(H2,19,21,23). The Morgan fingerprint density at radius 1 is 1.19 bits per heavy atom. The van der Waals surface area contributed by atoms with E-state index >= 15 is 0 Å². The van der Waals surface area contributed by atoms with Gasteiger partial charge in [-0.1, -0.05) is 11.8 Å². The molecule has 0 bridgehead atoms. The number of nitrogen functional groups attached to an aromatic ring is 1. The topological polar surface area (TPSA) is 103 Å². The summed E-state index contributed by atoms with van der Waals surface area (Å²) in [6.07, 6.45) is 4.92. The van der Waals surface area contributed by atoms with Gasteiger partial charge in [-0.2, -0.15) is 4.98 Å². The Morgan fingerprint density at radius 3 is 2.85 bits per heavy atom. The van der Waals surface area contributed by atoms with Gasteiger partial charge in [-0.3, -0.25) is 4.57 Å². The molecule has 0 saturated heterocycles. The molecule has 26 heavy (non-hydrogen) atoms. The van der Waals surface area contributed by atoms with Gasteiger partial charge in [0.2, 0.25) is 5.95 Å². The Morgan fingerprint density at radius 2 is 2.08 bits per heavy atom. The van der Waals surface area contributed by atoms with Crippen molar-refractivity contribution in [1.29, 1.82) is 0 Å². The van der Waals surface area contributed by atoms with Crippen LogP contribution in [0.2, 0.25) is 0 Å². The summed E-state index contributed by atoms with van der Waals surface area (Å²) >= 11 is 1.37. The first-order valence-electron chi connectivity index (χ1n) is 7.74. The number of nitrogens with zero attached hydrogens (tertiary/aromatic N) is 5. The first-order chi connectivity index (χ1) is 12.5. The minimum Gasteiger partial charge on any atom is -0.371 e. The lowest BCUT2D eigenvalue weighted by Crippen LogP contribution is -2.17. The molecular formula is C18H14N6OS. The molecule has 1 atom stereocenters. The number of anilines is 1. The second kappa shape index (κ2) is 6.22. The highest BCUT2D eigenvalue weighted by molar-refractivity contribution is 7.09. The Balaban J connectivity index is 1.75. The number of aromatic nitrogens is 5. The first kappa shape index (κ1) is 16.2. The van der Waals surface area contributed by atoms with E-state index in [0.717, 1.165) is 16.6 Å². The molecule has 1 aromatic carbocycles. The number of rotatable bonds is 2. The van der Waals surface area contributed by atoms with Crippen molar-refractivity contribution in [1.82, 2.24) is 24.5 Å². The predicted molar refractivity (Wildman–Crippen MR) is 99.6 cm³/mol. The maximum Gasteiger partial charge on any atom is 0.221 e. The van der Waals surface area contributed by atoms with Crippen LogP contribution in [-0.2, 0) is 5.60 Å². The van der Waals surface area contributed by atoms with Crippen LogP contribution in [0.1, 0.15) is 17.5 Å². The van der Waals surface area contributed by atoms with Gasteiger partial charge in [0.1, 0.15) is 17.2 Å². The van der Waals surface area contributed by atoms with Crippen LogP contribution in [0.25, 0.3) is 16.9 Å². The zero-order valence-corrected chi connectivity index (χ0v) is 14.6. The van der Waals surface area contributed by atoms with E-state index in [1.54, 1.807) is 31.7 Å². The molecule has 4 aromatic rings. The fourth-order valence-electron chi connectivity index (χ4n) is 2.48. The smallest absolute Gasteiger partial charge is 0.221 e. The van der Waals surface area contributed by atoms with Crippen molar-refractivity contribution in [3.05, 3.63) is 58.9 Å². The molecule has 4 rings (SSSR count). The van der Waals surface area contributed by atoms with E-state index in [4.69, 9.17) is 5.73 Å². The van der Waals surface area contributed by atoms with Gasteiger partial charge in [-0.05, 0) is 31.2 Å². The van der Waals surface area contributed by atoms with E-state index in [0.29, 0.717) is 10.8 Å². The summed E-state index contributed by atoms with van der Waals surface area (Å²) in [6.45, 7) is 1.63. The van der Waals surface area contributed by atoms with Crippen LogP contribution in [0.4, 0.5) is 5.95 Å². The molecule has 0 amide bonds. The lowest BCUT2D eigenvalue weighted by Gasteiger charge is -2.11. The van der Waals surface area contributed by atoms with Gasteiger partial charge >= 0.3 is 0 Å². The largest absolute Gasteiger partial charge is 0.371 e. The van der Waals surface area contributed by atoms with Crippen LogP contribution < -0.4 is 5.73 Å². The van der Waals surface area contributed by atoms with Gasteiger partial charge in [-0.15, -0.1) is 11.3 Å². The van der Waals surface area contributed by atoms with Crippen LogP contribution in [0, 0.1) is 11.8 Å². The van der Waals surface area contributed by atoms with E-state index in [1.807, 2.05) is 28.1 Å². The van der Waals surface area contributed by atoms with E-state index in [-0.39, 0.29) is 5.95 Å². The second-order valence-electron chi connectivity index (χ2n) is 5.75. The number of nitrogens with two attached hydrogens (primary N) is 1. The minimum atomic E-state index is -1.30. The van der Waals surface area contributed by atoms with Crippen molar-refractivity contribution in [3.63, 3.8) is 0 Å². The van der Waals surface area contributed by atoms with Crippen molar-refractivity contribution in [2.45, 2.75) is 12.5 Å². The minimum absolute atomic E-state index is 0.194. The normalized spacial score (nSPS) is 13.2. The van der Waals surface area contributed by atoms with Crippen LogP contribution in [0.15, 0.2) is 48.4 Å². The number of fused-ring (bicyclic) bond motifs is 1. The summed E-state index contributed by atoms with van der Waals surface area (Å²) in [5.74, 6) is 6.71. The first-order valence-corrected chi connectivity index (χ1v) is 8.62. The lowest BCUT2D eigenvalue weighted by molar-refractivity contribution is 0.122. The number of thiazole rings is 1. The third kappa shape index (κ3) is 3.01. The summed E-state index contributed by atoms with van der Waals surface area (Å²) in [5.41, 5.74) is 6.76. The van der Waals surface area contributed by atoms with Crippen LogP contribution in [0.3, 0.4) is 0 Å². The number of hydrogen-bond acceptors (Lipinski definition) is 7. The molecule has 1 unspecified atom stereocenters. The molecule has 0 spiro atoms. The highest BCUT2D eigenvalue weighted by Crippen LogP contribution is 2.22. The van der Waals surface area contributed by atoms with Gasteiger partial charge in [0.25, 0.3) is 0 Å². The SMILES string of the molecule is CC(O)(C#Cc1ccc2ncn(-c3ccnc(N)n3)c2c1)c1nccs1. The monoisotopic (exact) mass is 362 g/mol. The van der Waals surface area contributed by atoms with Crippen LogP contribution >= 0.6 is 11.3 Å². The molecule has 0 aliphatic rings. The summed E-state index contributed by atoms with van der Waals surface area (Å²) in [4.78, 5) is 16.6. The number of aliphatic hydroxyl groups is 1. The lowest BCUT2D eigenvalue weighted by atomic mass is 10.1. The summed E-state index contributed by atoms with van der Waals surface area (Å²) < 4.78 is 1.82. The van der Waals surface area contributed by atoms with E-state index in [9.17, 15) is 5.11 Å². The van der Waals surface area contributed by atoms with Gasteiger partial charge in [0, 0.05) is 23.3 Å². The van der Waals surface area contributed by atoms with Gasteiger partial charge < -0.3 is 10.8 Å². The molecule has 0 fully saturated rings. The average molecular weight is 362 g/mol. The van der Waals surface area contributed by atoms with Crippen molar-refractivity contribution in [3.8, 4) is 17.7 Å². The molecule has 3 heterocycles. The Hall–Kier alpha value is -3.28. The molecular weight excluding hydrogens is 348 g/mol. The Kier molecular flexibility index (Phi) is 3.88. The number of imidazole rings is 1. The highest BCUT2D eigenvalue weighted by Gasteiger charge is 2.22. The van der Waals surface area contributed by atoms with E-state index in [2.05, 4.69) is 31.8 Å². The fraction of sp³-hybridized carbons (Fsp3) is 0.111. The van der Waals surface area contributed by atoms with E-state index in [1.165, 1.54) is 11.3 Å². The molecule has 0 aliphatic carbocycles. The molecule has 128 valence electrons. The summed E-state index contributed by atoms with van der Waals surface area (Å²) in [7, 11) is 0. The fourth-order valence-corrected chi connectivity index (χ4v) is 3.13. The van der Waals surface area contributed by atoms with Crippen LogP contribution in [0.5, 0.6) is 0 Å². The van der Waals surface area contributed by atoms with Crippen molar-refractivity contribution in [2.24, 2.45) is 0 Å². The number of benzene rings is 1. The summed E-state index contributed by atoms with van der Waals surface area (Å²) in [5, 5.41) is 12.9. The number of hydrogen-bond donors (Lipinski definition) is 2. The average Bonchev–Trinajstić information content (AvgIpc) is 3.30.